The van der Waals surface area contributed by atoms with Gasteiger partial charge in [-0.2, -0.15) is 5.10 Å². The van der Waals surface area contributed by atoms with E-state index in [1.165, 1.54) is 0 Å². The van der Waals surface area contributed by atoms with E-state index in [4.69, 9.17) is 4.74 Å². The molecular weight excluding hydrogens is 316 g/mol. The maximum atomic E-state index is 5.91. The number of nitrogens with zero attached hydrogens (tertiary/aromatic N) is 2. The van der Waals surface area contributed by atoms with Crippen LogP contribution in [0.4, 0.5) is 0 Å². The summed E-state index contributed by atoms with van der Waals surface area (Å²) in [6.45, 7) is 4.08. The smallest absolute Gasteiger partial charge is 0.246 e. The number of hydrogen-bond acceptors (Lipinski definition) is 3. The van der Waals surface area contributed by atoms with Gasteiger partial charge in [0, 0.05) is 15.2 Å². The molecule has 0 spiro atoms. The van der Waals surface area contributed by atoms with Gasteiger partial charge in [0.2, 0.25) is 5.88 Å². The third-order valence-electron chi connectivity index (χ3n) is 3.16. The molecule has 0 atom stereocenters. The molecule has 100 valence electrons. The molecule has 2 aromatic carbocycles. The molecule has 0 amide bonds. The highest BCUT2D eigenvalue weighted by molar-refractivity contribution is 9.10. The standard InChI is InChI=1S/C16H13BrN2O/c1-10-7-13(8-11(2)15(10)17)20-16-14-6-4-3-5-12(14)9-18-19-16/h3-9H,1-2H3. The zero-order chi connectivity index (χ0) is 14.1. The van der Waals surface area contributed by atoms with Gasteiger partial charge in [-0.15, -0.1) is 5.10 Å². The predicted octanol–water partition coefficient (Wildman–Crippen LogP) is 4.80. The van der Waals surface area contributed by atoms with E-state index in [1.807, 2.05) is 50.2 Å². The van der Waals surface area contributed by atoms with Crippen molar-refractivity contribution >= 4 is 26.7 Å². The number of aromatic nitrogens is 2. The maximum absolute atomic E-state index is 5.91. The molecule has 0 N–H and O–H groups in total. The zero-order valence-corrected chi connectivity index (χ0v) is 12.8. The van der Waals surface area contributed by atoms with Crippen LogP contribution in [0.25, 0.3) is 10.8 Å². The summed E-state index contributed by atoms with van der Waals surface area (Å²) in [5.41, 5.74) is 2.27. The highest BCUT2D eigenvalue weighted by Crippen LogP contribution is 2.31. The van der Waals surface area contributed by atoms with Gasteiger partial charge in [0.15, 0.2) is 0 Å². The van der Waals surface area contributed by atoms with E-state index in [2.05, 4.69) is 26.1 Å². The molecular formula is C16H13BrN2O. The summed E-state index contributed by atoms with van der Waals surface area (Å²) in [6.07, 6.45) is 1.74. The van der Waals surface area contributed by atoms with Crippen LogP contribution in [0.1, 0.15) is 11.1 Å². The van der Waals surface area contributed by atoms with Crippen molar-refractivity contribution in [3.05, 3.63) is 58.2 Å². The summed E-state index contributed by atoms with van der Waals surface area (Å²) in [4.78, 5) is 0. The van der Waals surface area contributed by atoms with E-state index >= 15 is 0 Å². The van der Waals surface area contributed by atoms with Crippen LogP contribution in [0.15, 0.2) is 47.1 Å². The Morgan fingerprint density at radius 2 is 1.75 bits per heavy atom. The first-order valence-electron chi connectivity index (χ1n) is 6.30. The molecule has 0 fully saturated rings. The molecule has 3 aromatic rings. The van der Waals surface area contributed by atoms with Crippen molar-refractivity contribution in [3.63, 3.8) is 0 Å². The summed E-state index contributed by atoms with van der Waals surface area (Å²) in [5.74, 6) is 1.30. The lowest BCUT2D eigenvalue weighted by Gasteiger charge is -2.10. The van der Waals surface area contributed by atoms with Crippen LogP contribution in [0.3, 0.4) is 0 Å². The Morgan fingerprint density at radius 1 is 1.05 bits per heavy atom. The van der Waals surface area contributed by atoms with Crippen molar-refractivity contribution in [1.82, 2.24) is 10.2 Å². The third-order valence-corrected chi connectivity index (χ3v) is 4.41. The first kappa shape index (κ1) is 13.1. The Bertz CT molecular complexity index is 758. The number of halogens is 1. The number of benzene rings is 2. The molecule has 1 heterocycles. The zero-order valence-electron chi connectivity index (χ0n) is 11.2. The van der Waals surface area contributed by atoms with E-state index in [1.54, 1.807) is 6.20 Å². The summed E-state index contributed by atoms with van der Waals surface area (Å²) < 4.78 is 7.02. The largest absolute Gasteiger partial charge is 0.437 e. The Hall–Kier alpha value is -1.94. The van der Waals surface area contributed by atoms with Gasteiger partial charge in [-0.25, -0.2) is 0 Å². The Morgan fingerprint density at radius 3 is 2.50 bits per heavy atom. The lowest BCUT2D eigenvalue weighted by Crippen LogP contribution is -1.93. The van der Waals surface area contributed by atoms with Gasteiger partial charge in [0.25, 0.3) is 0 Å². The molecule has 0 bridgehead atoms. The van der Waals surface area contributed by atoms with E-state index in [0.717, 1.165) is 32.1 Å². The average molecular weight is 329 g/mol. The molecule has 3 nitrogen and oxygen atoms in total. The lowest BCUT2D eigenvalue weighted by atomic mass is 10.1. The molecule has 0 aliphatic heterocycles. The van der Waals surface area contributed by atoms with Crippen molar-refractivity contribution in [2.24, 2.45) is 0 Å². The molecule has 20 heavy (non-hydrogen) atoms. The topological polar surface area (TPSA) is 35.0 Å². The number of ether oxygens (including phenoxy) is 1. The van der Waals surface area contributed by atoms with Crippen molar-refractivity contribution in [1.29, 1.82) is 0 Å². The fourth-order valence-corrected chi connectivity index (χ4v) is 2.38. The van der Waals surface area contributed by atoms with Gasteiger partial charge < -0.3 is 4.74 Å². The van der Waals surface area contributed by atoms with Gasteiger partial charge in [0.1, 0.15) is 5.75 Å². The van der Waals surface area contributed by atoms with Gasteiger partial charge in [-0.05, 0) is 43.2 Å². The van der Waals surface area contributed by atoms with Gasteiger partial charge >= 0.3 is 0 Å². The number of aryl methyl sites for hydroxylation is 2. The van der Waals surface area contributed by atoms with Crippen LogP contribution < -0.4 is 4.74 Å². The third kappa shape index (κ3) is 2.39. The molecule has 3 rings (SSSR count). The second kappa shape index (κ2) is 5.21. The highest BCUT2D eigenvalue weighted by atomic mass is 79.9. The fraction of sp³-hybridized carbons (Fsp3) is 0.125. The summed E-state index contributed by atoms with van der Waals surface area (Å²) in [5, 5.41) is 10.1. The minimum Gasteiger partial charge on any atom is -0.437 e. The molecule has 4 heteroatoms. The Kier molecular flexibility index (Phi) is 3.40. The quantitative estimate of drug-likeness (QED) is 0.677. The van der Waals surface area contributed by atoms with Gasteiger partial charge in [-0.1, -0.05) is 34.1 Å². The molecule has 0 saturated heterocycles. The SMILES string of the molecule is Cc1cc(Oc2nncc3ccccc23)cc(C)c1Br. The second-order valence-corrected chi connectivity index (χ2v) is 5.50. The summed E-state index contributed by atoms with van der Waals surface area (Å²) in [6, 6.07) is 11.9. The predicted molar refractivity (Wildman–Crippen MR) is 83.2 cm³/mol. The molecule has 1 aromatic heterocycles. The second-order valence-electron chi connectivity index (χ2n) is 4.71. The molecule has 0 aliphatic rings. The van der Waals surface area contributed by atoms with E-state index in [9.17, 15) is 0 Å². The number of hydrogen-bond donors (Lipinski definition) is 0. The van der Waals surface area contributed by atoms with Gasteiger partial charge in [0.05, 0.1) is 6.20 Å². The first-order chi connectivity index (χ1) is 9.65. The fourth-order valence-electron chi connectivity index (χ4n) is 2.15. The van der Waals surface area contributed by atoms with Crippen LogP contribution in [0.2, 0.25) is 0 Å². The molecule has 0 saturated carbocycles. The average Bonchev–Trinajstić information content (AvgIpc) is 2.45. The number of rotatable bonds is 2. The van der Waals surface area contributed by atoms with Crippen LogP contribution in [-0.2, 0) is 0 Å². The van der Waals surface area contributed by atoms with Crippen molar-refractivity contribution < 1.29 is 4.74 Å². The first-order valence-corrected chi connectivity index (χ1v) is 7.09. The lowest BCUT2D eigenvalue weighted by molar-refractivity contribution is 0.461. The Labute approximate surface area is 125 Å². The summed E-state index contributed by atoms with van der Waals surface area (Å²) in [7, 11) is 0. The minimum absolute atomic E-state index is 0.532. The van der Waals surface area contributed by atoms with Crippen LogP contribution in [0.5, 0.6) is 11.6 Å². The minimum atomic E-state index is 0.532. The normalized spacial score (nSPS) is 10.8. The van der Waals surface area contributed by atoms with Crippen LogP contribution in [-0.4, -0.2) is 10.2 Å². The number of fused-ring (bicyclic) bond motifs is 1. The molecule has 0 radical (unpaired) electrons. The van der Waals surface area contributed by atoms with Crippen molar-refractivity contribution in [2.45, 2.75) is 13.8 Å². The van der Waals surface area contributed by atoms with Crippen LogP contribution in [0, 0.1) is 13.8 Å². The maximum Gasteiger partial charge on any atom is 0.246 e. The van der Waals surface area contributed by atoms with E-state index in [-0.39, 0.29) is 0 Å². The highest BCUT2D eigenvalue weighted by Gasteiger charge is 2.08. The molecule has 0 aliphatic carbocycles. The summed E-state index contributed by atoms with van der Waals surface area (Å²) >= 11 is 3.55. The van der Waals surface area contributed by atoms with Crippen LogP contribution >= 0.6 is 15.9 Å². The monoisotopic (exact) mass is 328 g/mol. The van der Waals surface area contributed by atoms with Crippen molar-refractivity contribution in [3.8, 4) is 11.6 Å². The van der Waals surface area contributed by atoms with Crippen molar-refractivity contribution in [2.75, 3.05) is 0 Å². The van der Waals surface area contributed by atoms with E-state index < -0.39 is 0 Å². The molecule has 0 unspecified atom stereocenters. The van der Waals surface area contributed by atoms with Gasteiger partial charge in [-0.3, -0.25) is 0 Å². The Balaban J connectivity index is 2.06. The van der Waals surface area contributed by atoms with E-state index in [0.29, 0.717) is 5.88 Å².